The SMILES string of the molecule is Cc1nc2c(cc1C(=O)O)CN(Cc1ccccc1)CC2. The van der Waals surface area contributed by atoms with Gasteiger partial charge in [-0.1, -0.05) is 30.3 Å². The lowest BCUT2D eigenvalue weighted by atomic mass is 10.0. The van der Waals surface area contributed by atoms with Gasteiger partial charge in [-0.15, -0.1) is 0 Å². The fourth-order valence-electron chi connectivity index (χ4n) is 2.83. The lowest BCUT2D eigenvalue weighted by molar-refractivity contribution is 0.0695. The Bertz CT molecular complexity index is 668. The second-order valence-electron chi connectivity index (χ2n) is 5.48. The van der Waals surface area contributed by atoms with Crippen LogP contribution >= 0.6 is 0 Å². The zero-order chi connectivity index (χ0) is 14.8. The summed E-state index contributed by atoms with van der Waals surface area (Å²) in [5.74, 6) is -0.900. The van der Waals surface area contributed by atoms with Gasteiger partial charge in [-0.2, -0.15) is 0 Å². The van der Waals surface area contributed by atoms with Gasteiger partial charge in [-0.3, -0.25) is 9.88 Å². The predicted molar refractivity (Wildman–Crippen MR) is 80.2 cm³/mol. The highest BCUT2D eigenvalue weighted by atomic mass is 16.4. The first-order chi connectivity index (χ1) is 10.1. The highest BCUT2D eigenvalue weighted by Crippen LogP contribution is 2.21. The Morgan fingerprint density at radius 3 is 2.81 bits per heavy atom. The molecule has 0 atom stereocenters. The van der Waals surface area contributed by atoms with Crippen molar-refractivity contribution in [2.75, 3.05) is 6.54 Å². The van der Waals surface area contributed by atoms with Crippen molar-refractivity contribution < 1.29 is 9.90 Å². The minimum atomic E-state index is -0.900. The number of aryl methyl sites for hydroxylation is 1. The van der Waals surface area contributed by atoms with Crippen LogP contribution in [0.15, 0.2) is 36.4 Å². The van der Waals surface area contributed by atoms with Crippen molar-refractivity contribution in [3.8, 4) is 0 Å². The molecule has 1 aliphatic heterocycles. The molecule has 1 N–H and O–H groups in total. The van der Waals surface area contributed by atoms with Gasteiger partial charge in [0.05, 0.1) is 11.3 Å². The first-order valence-corrected chi connectivity index (χ1v) is 7.12. The molecule has 108 valence electrons. The minimum absolute atomic E-state index is 0.315. The van der Waals surface area contributed by atoms with E-state index in [0.717, 1.165) is 37.3 Å². The number of carboxylic acid groups (broad SMARTS) is 1. The van der Waals surface area contributed by atoms with Crippen LogP contribution in [-0.4, -0.2) is 27.5 Å². The van der Waals surface area contributed by atoms with Gasteiger partial charge in [0.2, 0.25) is 0 Å². The summed E-state index contributed by atoms with van der Waals surface area (Å²) in [5.41, 5.74) is 4.29. The molecule has 0 fully saturated rings. The molecule has 0 unspecified atom stereocenters. The number of rotatable bonds is 3. The van der Waals surface area contributed by atoms with Gasteiger partial charge >= 0.3 is 5.97 Å². The van der Waals surface area contributed by atoms with Crippen molar-refractivity contribution in [2.24, 2.45) is 0 Å². The third-order valence-electron chi connectivity index (χ3n) is 3.92. The Hall–Kier alpha value is -2.20. The Labute approximate surface area is 124 Å². The largest absolute Gasteiger partial charge is 0.478 e. The van der Waals surface area contributed by atoms with Crippen LogP contribution in [0.2, 0.25) is 0 Å². The number of benzene rings is 1. The molecule has 4 nitrogen and oxygen atoms in total. The smallest absolute Gasteiger partial charge is 0.337 e. The summed E-state index contributed by atoms with van der Waals surface area (Å²) in [5, 5.41) is 9.21. The first-order valence-electron chi connectivity index (χ1n) is 7.12. The van der Waals surface area contributed by atoms with Crippen LogP contribution in [0.4, 0.5) is 0 Å². The summed E-state index contributed by atoms with van der Waals surface area (Å²) in [6.07, 6.45) is 0.878. The van der Waals surface area contributed by atoms with Crippen molar-refractivity contribution in [3.63, 3.8) is 0 Å². The molecule has 1 aromatic heterocycles. The maximum absolute atomic E-state index is 11.2. The number of fused-ring (bicyclic) bond motifs is 1. The first kappa shape index (κ1) is 13.8. The minimum Gasteiger partial charge on any atom is -0.478 e. The molecular formula is C17H18N2O2. The summed E-state index contributed by atoms with van der Waals surface area (Å²) in [7, 11) is 0. The standard InChI is InChI=1S/C17H18N2O2/c1-12-15(17(20)21)9-14-11-19(8-7-16(14)18-12)10-13-5-3-2-4-6-13/h2-6,9H,7-8,10-11H2,1H3,(H,20,21). The Balaban J connectivity index is 1.81. The van der Waals surface area contributed by atoms with Gasteiger partial charge < -0.3 is 5.11 Å². The summed E-state index contributed by atoms with van der Waals surface area (Å²) in [4.78, 5) is 18.0. The van der Waals surface area contributed by atoms with E-state index in [1.54, 1.807) is 13.0 Å². The van der Waals surface area contributed by atoms with E-state index in [4.69, 9.17) is 0 Å². The molecule has 2 aromatic rings. The Kier molecular flexibility index (Phi) is 3.71. The van der Waals surface area contributed by atoms with Gasteiger partial charge in [0.25, 0.3) is 0 Å². The zero-order valence-corrected chi connectivity index (χ0v) is 12.0. The second kappa shape index (κ2) is 5.66. The van der Waals surface area contributed by atoms with Crippen molar-refractivity contribution in [1.29, 1.82) is 0 Å². The number of pyridine rings is 1. The quantitative estimate of drug-likeness (QED) is 0.940. The lowest BCUT2D eigenvalue weighted by Gasteiger charge is -2.28. The number of hydrogen-bond donors (Lipinski definition) is 1. The molecule has 0 saturated heterocycles. The molecule has 1 aliphatic rings. The number of hydrogen-bond acceptors (Lipinski definition) is 3. The third-order valence-corrected chi connectivity index (χ3v) is 3.92. The highest BCUT2D eigenvalue weighted by Gasteiger charge is 2.20. The van der Waals surface area contributed by atoms with E-state index in [-0.39, 0.29) is 0 Å². The second-order valence-corrected chi connectivity index (χ2v) is 5.48. The van der Waals surface area contributed by atoms with Crippen LogP contribution in [0.25, 0.3) is 0 Å². The summed E-state index contributed by atoms with van der Waals surface area (Å²) in [6, 6.07) is 12.1. The summed E-state index contributed by atoms with van der Waals surface area (Å²) >= 11 is 0. The predicted octanol–water partition coefficient (Wildman–Crippen LogP) is 2.65. The number of aromatic carboxylic acids is 1. The summed E-state index contributed by atoms with van der Waals surface area (Å²) in [6.45, 7) is 4.37. The van der Waals surface area contributed by atoms with E-state index in [0.29, 0.717) is 11.3 Å². The van der Waals surface area contributed by atoms with Crippen LogP contribution in [0.3, 0.4) is 0 Å². The van der Waals surface area contributed by atoms with Crippen LogP contribution < -0.4 is 0 Å². The molecule has 0 saturated carbocycles. The van der Waals surface area contributed by atoms with Gasteiger partial charge in [0.1, 0.15) is 0 Å². The van der Waals surface area contributed by atoms with Crippen LogP contribution in [0, 0.1) is 6.92 Å². The fraction of sp³-hybridized carbons (Fsp3) is 0.294. The molecule has 0 radical (unpaired) electrons. The molecule has 2 heterocycles. The van der Waals surface area contributed by atoms with E-state index < -0.39 is 5.97 Å². The normalized spacial score (nSPS) is 14.7. The maximum atomic E-state index is 11.2. The van der Waals surface area contributed by atoms with E-state index >= 15 is 0 Å². The highest BCUT2D eigenvalue weighted by molar-refractivity contribution is 5.89. The fourth-order valence-corrected chi connectivity index (χ4v) is 2.83. The molecule has 0 aliphatic carbocycles. The number of aromatic nitrogens is 1. The van der Waals surface area contributed by atoms with Gasteiger partial charge in [-0.25, -0.2) is 4.79 Å². The van der Waals surface area contributed by atoms with Crippen LogP contribution in [0.1, 0.15) is 32.9 Å². The molecule has 0 bridgehead atoms. The van der Waals surface area contributed by atoms with E-state index in [2.05, 4.69) is 22.0 Å². The Morgan fingerprint density at radius 1 is 1.33 bits per heavy atom. The molecule has 21 heavy (non-hydrogen) atoms. The van der Waals surface area contributed by atoms with E-state index in [1.807, 2.05) is 18.2 Å². The average Bonchev–Trinajstić information content (AvgIpc) is 2.47. The molecule has 0 amide bonds. The van der Waals surface area contributed by atoms with E-state index in [1.165, 1.54) is 5.56 Å². The van der Waals surface area contributed by atoms with Crippen molar-refractivity contribution >= 4 is 5.97 Å². The van der Waals surface area contributed by atoms with E-state index in [9.17, 15) is 9.90 Å². The van der Waals surface area contributed by atoms with Gasteiger partial charge in [0.15, 0.2) is 0 Å². The van der Waals surface area contributed by atoms with Crippen LogP contribution in [0.5, 0.6) is 0 Å². The van der Waals surface area contributed by atoms with Crippen molar-refractivity contribution in [2.45, 2.75) is 26.4 Å². The Morgan fingerprint density at radius 2 is 2.10 bits per heavy atom. The number of nitrogens with zero attached hydrogens (tertiary/aromatic N) is 2. The average molecular weight is 282 g/mol. The van der Waals surface area contributed by atoms with Gasteiger partial charge in [0, 0.05) is 31.7 Å². The topological polar surface area (TPSA) is 53.4 Å². The molecule has 1 aromatic carbocycles. The molecule has 0 spiro atoms. The van der Waals surface area contributed by atoms with Crippen LogP contribution in [-0.2, 0) is 19.5 Å². The monoisotopic (exact) mass is 282 g/mol. The van der Waals surface area contributed by atoms with Crippen molar-refractivity contribution in [1.82, 2.24) is 9.88 Å². The number of carbonyl (C=O) groups is 1. The lowest BCUT2D eigenvalue weighted by Crippen LogP contribution is -2.31. The molecular weight excluding hydrogens is 264 g/mol. The van der Waals surface area contributed by atoms with Crippen molar-refractivity contribution in [3.05, 3.63) is 64.5 Å². The number of carboxylic acids is 1. The zero-order valence-electron chi connectivity index (χ0n) is 12.0. The summed E-state index contributed by atoms with van der Waals surface area (Å²) < 4.78 is 0. The molecule has 3 rings (SSSR count). The molecule has 4 heteroatoms. The van der Waals surface area contributed by atoms with Gasteiger partial charge in [-0.05, 0) is 24.1 Å². The third kappa shape index (κ3) is 2.95. The maximum Gasteiger partial charge on any atom is 0.337 e.